The van der Waals surface area contributed by atoms with Gasteiger partial charge in [-0.05, 0) is 24.3 Å². The summed E-state index contributed by atoms with van der Waals surface area (Å²) < 4.78 is 0. The fourth-order valence-corrected chi connectivity index (χ4v) is 2.18. The predicted molar refractivity (Wildman–Crippen MR) is 86.8 cm³/mol. The number of para-hydroxylation sites is 2. The molecule has 4 rings (SSSR count). The number of rotatable bonds is 0. The van der Waals surface area contributed by atoms with Crippen molar-refractivity contribution in [1.29, 1.82) is 0 Å². The topological polar surface area (TPSA) is 66.2 Å². The van der Waals surface area contributed by atoms with Crippen LogP contribution in [-0.4, -0.2) is 20.2 Å². The van der Waals surface area contributed by atoms with Gasteiger partial charge in [0, 0.05) is 43.0 Å². The molecule has 0 unspecified atom stereocenters. The van der Waals surface area contributed by atoms with Gasteiger partial charge in [-0.2, -0.15) is 0 Å². The molecule has 0 aliphatic heterocycles. The molecule has 2 aromatic carbocycles. The maximum absolute atomic E-state index is 9.31. The molecule has 2 aromatic heterocycles. The zero-order chi connectivity index (χ0) is 15.4. The van der Waals surface area contributed by atoms with Gasteiger partial charge >= 0.3 is 0 Å². The van der Waals surface area contributed by atoms with E-state index in [4.69, 9.17) is 0 Å². The van der Waals surface area contributed by atoms with Gasteiger partial charge in [0.05, 0.1) is 0 Å². The van der Waals surface area contributed by atoms with E-state index in [0.717, 1.165) is 10.8 Å². The van der Waals surface area contributed by atoms with Crippen molar-refractivity contribution in [3.8, 4) is 11.5 Å². The first-order valence-electron chi connectivity index (χ1n) is 6.81. The number of benzene rings is 2. The molecule has 0 radical (unpaired) electrons. The SMILES string of the molecule is Oc1cccc2cccnc12.Oc1cccc2cccnc12.[Os]. The summed E-state index contributed by atoms with van der Waals surface area (Å²) in [4.78, 5) is 8.06. The van der Waals surface area contributed by atoms with Gasteiger partial charge in [0.25, 0.3) is 0 Å². The second-order valence-electron chi connectivity index (χ2n) is 4.70. The van der Waals surface area contributed by atoms with Gasteiger partial charge in [0.15, 0.2) is 0 Å². The summed E-state index contributed by atoms with van der Waals surface area (Å²) >= 11 is 0. The van der Waals surface area contributed by atoms with E-state index >= 15 is 0 Å². The van der Waals surface area contributed by atoms with Crippen molar-refractivity contribution >= 4 is 21.8 Å². The van der Waals surface area contributed by atoms with E-state index in [9.17, 15) is 10.2 Å². The van der Waals surface area contributed by atoms with Crippen LogP contribution in [0.1, 0.15) is 0 Å². The summed E-state index contributed by atoms with van der Waals surface area (Å²) in [6.45, 7) is 0. The number of aromatic hydroxyl groups is 2. The van der Waals surface area contributed by atoms with E-state index in [0.29, 0.717) is 11.0 Å². The molecule has 0 saturated carbocycles. The van der Waals surface area contributed by atoms with Gasteiger partial charge in [-0.15, -0.1) is 0 Å². The van der Waals surface area contributed by atoms with Crippen LogP contribution in [0.25, 0.3) is 21.8 Å². The number of pyridine rings is 2. The van der Waals surface area contributed by atoms with E-state index in [1.165, 1.54) is 0 Å². The zero-order valence-electron chi connectivity index (χ0n) is 12.1. The van der Waals surface area contributed by atoms with Crippen molar-refractivity contribution in [3.63, 3.8) is 0 Å². The molecular weight excluding hydrogens is 466 g/mol. The monoisotopic (exact) mass is 482 g/mol. The summed E-state index contributed by atoms with van der Waals surface area (Å²) in [5.41, 5.74) is 1.32. The Morgan fingerprint density at radius 1 is 0.565 bits per heavy atom. The largest absolute Gasteiger partial charge is 0.506 e. The minimum Gasteiger partial charge on any atom is -0.506 e. The molecule has 0 saturated heterocycles. The third kappa shape index (κ3) is 3.83. The van der Waals surface area contributed by atoms with E-state index in [1.807, 2.05) is 36.4 Å². The number of hydrogen-bond donors (Lipinski definition) is 2. The van der Waals surface area contributed by atoms with Crippen LogP contribution in [0.2, 0.25) is 0 Å². The second kappa shape index (κ2) is 7.67. The first-order valence-corrected chi connectivity index (χ1v) is 6.81. The first-order chi connectivity index (χ1) is 10.8. The number of aromatic nitrogens is 2. The molecule has 2 N–H and O–H groups in total. The van der Waals surface area contributed by atoms with Crippen LogP contribution in [0.15, 0.2) is 73.1 Å². The first kappa shape index (κ1) is 16.9. The number of fused-ring (bicyclic) bond motifs is 2. The molecule has 0 spiro atoms. The molecule has 23 heavy (non-hydrogen) atoms. The smallest absolute Gasteiger partial charge is 0.141 e. The van der Waals surface area contributed by atoms with Crippen LogP contribution in [0.3, 0.4) is 0 Å². The van der Waals surface area contributed by atoms with Gasteiger partial charge in [-0.1, -0.05) is 36.4 Å². The molecule has 0 bridgehead atoms. The maximum atomic E-state index is 9.31. The molecule has 0 fully saturated rings. The summed E-state index contributed by atoms with van der Waals surface area (Å²) in [6, 6.07) is 18.3. The maximum Gasteiger partial charge on any atom is 0.141 e. The quantitative estimate of drug-likeness (QED) is 0.401. The minimum absolute atomic E-state index is 0. The third-order valence-electron chi connectivity index (χ3n) is 3.22. The molecule has 116 valence electrons. The summed E-state index contributed by atoms with van der Waals surface area (Å²) in [7, 11) is 0. The summed E-state index contributed by atoms with van der Waals surface area (Å²) in [5, 5.41) is 20.5. The van der Waals surface area contributed by atoms with E-state index in [1.54, 1.807) is 36.7 Å². The van der Waals surface area contributed by atoms with Crippen LogP contribution in [0.5, 0.6) is 11.5 Å². The second-order valence-corrected chi connectivity index (χ2v) is 4.70. The average Bonchev–Trinajstić information content (AvgIpc) is 2.57. The molecule has 5 heteroatoms. The van der Waals surface area contributed by atoms with Crippen molar-refractivity contribution in [2.45, 2.75) is 0 Å². The summed E-state index contributed by atoms with van der Waals surface area (Å²) in [5.74, 6) is 0.478. The van der Waals surface area contributed by atoms with Gasteiger partial charge in [-0.25, -0.2) is 0 Å². The van der Waals surface area contributed by atoms with E-state index in [-0.39, 0.29) is 31.3 Å². The minimum atomic E-state index is 0. The van der Waals surface area contributed by atoms with E-state index < -0.39 is 0 Å². The molecule has 4 aromatic rings. The normalized spacial score (nSPS) is 9.74. The number of phenolic OH excluding ortho intramolecular Hbond substituents is 2. The standard InChI is InChI=1S/2C9H7NO.Os/c2*11-8-5-1-3-7-4-2-6-10-9(7)8;/h2*1-6,11H;. The van der Waals surface area contributed by atoms with Gasteiger partial charge in [-0.3, -0.25) is 9.97 Å². The van der Waals surface area contributed by atoms with Crippen LogP contribution in [0.4, 0.5) is 0 Å². The molecular formula is C18H14N2O2Os. The Morgan fingerprint density at radius 2 is 0.957 bits per heavy atom. The molecule has 0 aliphatic carbocycles. The Bertz CT molecular complexity index is 841. The van der Waals surface area contributed by atoms with Gasteiger partial charge in [0.2, 0.25) is 0 Å². The molecule has 2 heterocycles. The number of phenols is 2. The molecule has 0 aliphatic rings. The number of hydrogen-bond acceptors (Lipinski definition) is 4. The zero-order valence-corrected chi connectivity index (χ0v) is 14.6. The Kier molecular flexibility index (Phi) is 5.62. The van der Waals surface area contributed by atoms with Crippen LogP contribution >= 0.6 is 0 Å². The summed E-state index contributed by atoms with van der Waals surface area (Å²) in [6.07, 6.45) is 3.34. The Labute approximate surface area is 146 Å². The van der Waals surface area contributed by atoms with E-state index in [2.05, 4.69) is 9.97 Å². The Morgan fingerprint density at radius 3 is 1.35 bits per heavy atom. The van der Waals surface area contributed by atoms with Crippen molar-refractivity contribution in [1.82, 2.24) is 9.97 Å². The molecule has 0 amide bonds. The van der Waals surface area contributed by atoms with Crippen LogP contribution in [0, 0.1) is 0 Å². The van der Waals surface area contributed by atoms with Crippen molar-refractivity contribution < 1.29 is 30.0 Å². The molecule has 0 atom stereocenters. The predicted octanol–water partition coefficient (Wildman–Crippen LogP) is 3.88. The van der Waals surface area contributed by atoms with Gasteiger partial charge < -0.3 is 10.2 Å². The number of nitrogens with zero attached hydrogens (tertiary/aromatic N) is 2. The Balaban J connectivity index is 0.000000160. The van der Waals surface area contributed by atoms with Gasteiger partial charge in [0.1, 0.15) is 22.5 Å². The Hall–Kier alpha value is -2.50. The fourth-order valence-electron chi connectivity index (χ4n) is 2.18. The van der Waals surface area contributed by atoms with Crippen molar-refractivity contribution in [3.05, 3.63) is 73.1 Å². The van der Waals surface area contributed by atoms with Crippen molar-refractivity contribution in [2.75, 3.05) is 0 Å². The fraction of sp³-hybridized carbons (Fsp3) is 0. The average molecular weight is 481 g/mol. The van der Waals surface area contributed by atoms with Crippen molar-refractivity contribution in [2.24, 2.45) is 0 Å². The third-order valence-corrected chi connectivity index (χ3v) is 3.22. The van der Waals surface area contributed by atoms with Crippen LogP contribution in [-0.2, 0) is 19.8 Å². The molecule has 4 nitrogen and oxygen atoms in total. The van der Waals surface area contributed by atoms with Crippen LogP contribution < -0.4 is 0 Å².